The van der Waals surface area contributed by atoms with E-state index in [0.29, 0.717) is 16.7 Å². The van der Waals surface area contributed by atoms with Crippen LogP contribution in [0.15, 0.2) is 65.5 Å². The molecule has 6 nitrogen and oxygen atoms in total. The molecule has 150 valence electrons. The molecule has 1 aliphatic heterocycles. The van der Waals surface area contributed by atoms with Crippen LogP contribution in [0.2, 0.25) is 0 Å². The highest BCUT2D eigenvalue weighted by Gasteiger charge is 2.25. The molecule has 0 saturated heterocycles. The molecule has 30 heavy (non-hydrogen) atoms. The first-order valence-electron chi connectivity index (χ1n) is 9.23. The highest BCUT2D eigenvalue weighted by molar-refractivity contribution is 5.84. The average molecular weight is 406 g/mol. The minimum atomic E-state index is -0.727. The van der Waals surface area contributed by atoms with Gasteiger partial charge in [0, 0.05) is 6.07 Å². The monoisotopic (exact) mass is 406 g/mol. The molecule has 0 spiro atoms. The fraction of sp³-hybridized carbons (Fsp3) is 0.0909. The van der Waals surface area contributed by atoms with Crippen molar-refractivity contribution in [3.05, 3.63) is 88.5 Å². The molecule has 1 N–H and O–H groups in total. The van der Waals surface area contributed by atoms with Crippen LogP contribution >= 0.6 is 0 Å². The first-order valence-corrected chi connectivity index (χ1v) is 9.23. The predicted octanol–water partition coefficient (Wildman–Crippen LogP) is 3.83. The van der Waals surface area contributed by atoms with Crippen LogP contribution < -0.4 is 20.8 Å². The largest absolute Gasteiger partial charge is 0.497 e. The summed E-state index contributed by atoms with van der Waals surface area (Å²) in [5.41, 5.74) is 5.09. The molecule has 0 radical (unpaired) electrons. The number of hydrogen-bond acceptors (Lipinski definition) is 5. The van der Waals surface area contributed by atoms with Gasteiger partial charge >= 0.3 is 0 Å². The Balaban J connectivity index is 1.54. The Morgan fingerprint density at radius 2 is 1.77 bits per heavy atom. The summed E-state index contributed by atoms with van der Waals surface area (Å²) in [7, 11) is 1.61. The Labute approximate surface area is 169 Å². The zero-order valence-corrected chi connectivity index (χ0v) is 15.9. The van der Waals surface area contributed by atoms with Crippen molar-refractivity contribution >= 4 is 16.6 Å². The lowest BCUT2D eigenvalue weighted by molar-refractivity contribution is 0.415. The van der Waals surface area contributed by atoms with Crippen LogP contribution in [0.5, 0.6) is 5.75 Å². The van der Waals surface area contributed by atoms with E-state index in [1.54, 1.807) is 13.2 Å². The van der Waals surface area contributed by atoms with E-state index in [9.17, 15) is 13.6 Å². The van der Waals surface area contributed by atoms with Crippen LogP contribution in [0.3, 0.4) is 0 Å². The molecule has 0 fully saturated rings. The maximum absolute atomic E-state index is 14.2. The van der Waals surface area contributed by atoms with Gasteiger partial charge in [-0.25, -0.2) is 19.3 Å². The highest BCUT2D eigenvalue weighted by Crippen LogP contribution is 2.27. The van der Waals surface area contributed by atoms with Crippen LogP contribution in [0, 0.1) is 11.6 Å². The summed E-state index contributed by atoms with van der Waals surface area (Å²) in [5.74, 6) is -0.203. The third kappa shape index (κ3) is 2.93. The Morgan fingerprint density at radius 3 is 2.50 bits per heavy atom. The number of aromatic nitrogens is 2. The lowest BCUT2D eigenvalue weighted by atomic mass is 10.0. The molecule has 3 aromatic carbocycles. The summed E-state index contributed by atoms with van der Waals surface area (Å²) in [6.45, 7) is 0.153. The summed E-state index contributed by atoms with van der Waals surface area (Å²) >= 11 is 0. The van der Waals surface area contributed by atoms with Gasteiger partial charge < -0.3 is 4.74 Å². The molecule has 1 aliphatic rings. The van der Waals surface area contributed by atoms with Crippen molar-refractivity contribution in [2.75, 3.05) is 17.7 Å². The van der Waals surface area contributed by atoms with Gasteiger partial charge in [-0.05, 0) is 47.5 Å². The Morgan fingerprint density at radius 1 is 1.00 bits per heavy atom. The van der Waals surface area contributed by atoms with E-state index in [1.165, 1.54) is 15.8 Å². The van der Waals surface area contributed by atoms with E-state index in [4.69, 9.17) is 4.74 Å². The maximum Gasteiger partial charge on any atom is 0.281 e. The van der Waals surface area contributed by atoms with Gasteiger partial charge in [0.05, 0.1) is 23.7 Å². The number of methoxy groups -OCH3 is 1. The third-order valence-electron chi connectivity index (χ3n) is 5.08. The van der Waals surface area contributed by atoms with E-state index >= 15 is 0 Å². The van der Waals surface area contributed by atoms with E-state index in [2.05, 4.69) is 10.5 Å². The van der Waals surface area contributed by atoms with Crippen molar-refractivity contribution in [2.45, 2.75) is 6.54 Å². The van der Waals surface area contributed by atoms with E-state index in [-0.39, 0.29) is 17.8 Å². The quantitative estimate of drug-likeness (QED) is 0.560. The van der Waals surface area contributed by atoms with Gasteiger partial charge in [-0.1, -0.05) is 18.2 Å². The van der Waals surface area contributed by atoms with Crippen molar-refractivity contribution in [2.24, 2.45) is 0 Å². The lowest BCUT2D eigenvalue weighted by Crippen LogP contribution is -2.34. The smallest absolute Gasteiger partial charge is 0.281 e. The number of nitrogens with zero attached hydrogens (tertiary/aromatic N) is 3. The van der Waals surface area contributed by atoms with Crippen LogP contribution in [0.1, 0.15) is 5.82 Å². The highest BCUT2D eigenvalue weighted by atomic mass is 19.1. The van der Waals surface area contributed by atoms with Crippen molar-refractivity contribution < 1.29 is 13.5 Å². The number of ether oxygens (including phenoxy) is 1. The number of nitrogens with one attached hydrogen (secondary N) is 1. The number of fused-ring (bicyclic) bond motifs is 2. The molecule has 0 aliphatic carbocycles. The molecule has 0 bridgehead atoms. The Hall–Kier alpha value is -3.94. The zero-order chi connectivity index (χ0) is 20.8. The van der Waals surface area contributed by atoms with E-state index in [1.807, 2.05) is 36.4 Å². The Kier molecular flexibility index (Phi) is 4.13. The zero-order valence-electron chi connectivity index (χ0n) is 15.9. The molecule has 1 aromatic heterocycles. The summed E-state index contributed by atoms with van der Waals surface area (Å²) in [6, 6.07) is 16.3. The molecule has 0 unspecified atom stereocenters. The molecule has 0 amide bonds. The molecule has 2 heterocycles. The van der Waals surface area contributed by atoms with Crippen LogP contribution in [0.25, 0.3) is 22.0 Å². The number of hydrogen-bond donors (Lipinski definition) is 1. The fourth-order valence-corrected chi connectivity index (χ4v) is 3.54. The second kappa shape index (κ2) is 6.84. The Bertz CT molecular complexity index is 1340. The molecule has 0 saturated carbocycles. The molecule has 5 rings (SSSR count). The maximum atomic E-state index is 14.2. The van der Waals surface area contributed by atoms with Gasteiger partial charge in [-0.2, -0.15) is 4.68 Å². The topological polar surface area (TPSA) is 59.4 Å². The molecule has 4 aromatic rings. The van der Waals surface area contributed by atoms with Gasteiger partial charge in [-0.3, -0.25) is 9.80 Å². The van der Waals surface area contributed by atoms with Gasteiger partial charge in [0.2, 0.25) is 0 Å². The minimum absolute atomic E-state index is 0.129. The number of rotatable bonds is 3. The van der Waals surface area contributed by atoms with Gasteiger partial charge in [0.25, 0.3) is 5.56 Å². The summed E-state index contributed by atoms with van der Waals surface area (Å²) in [5, 5.41) is 1.85. The number of hydrazine groups is 1. The number of halogens is 2. The van der Waals surface area contributed by atoms with Crippen molar-refractivity contribution in [1.82, 2.24) is 9.66 Å². The summed E-state index contributed by atoms with van der Waals surface area (Å²) < 4.78 is 33.8. The first-order chi connectivity index (χ1) is 14.5. The van der Waals surface area contributed by atoms with Gasteiger partial charge in [0.15, 0.2) is 11.6 Å². The normalized spacial score (nSPS) is 12.7. The van der Waals surface area contributed by atoms with E-state index < -0.39 is 11.6 Å². The van der Waals surface area contributed by atoms with Crippen LogP contribution in [-0.4, -0.2) is 16.8 Å². The second-order valence-corrected chi connectivity index (χ2v) is 6.91. The third-order valence-corrected chi connectivity index (χ3v) is 5.08. The molecule has 8 heteroatoms. The van der Waals surface area contributed by atoms with Gasteiger partial charge in [0.1, 0.15) is 18.1 Å². The summed E-state index contributed by atoms with van der Waals surface area (Å²) in [6.07, 6.45) is 0. The standard InChI is InChI=1S/C22H16F2N4O2/c1-30-16-6-2-13(3-7-16)14-4-8-17-19(10-14)25-21-12-27(26-28(21)22(17)29)20-9-5-15(23)11-18(20)24/h2-11,26H,12H2,1H3. The minimum Gasteiger partial charge on any atom is -0.497 e. The molecular weight excluding hydrogens is 390 g/mol. The van der Waals surface area contributed by atoms with Crippen molar-refractivity contribution in [1.29, 1.82) is 0 Å². The SMILES string of the molecule is COc1ccc(-c2ccc3c(=O)n4c(nc3c2)CN(c2ccc(F)cc2F)N4)cc1. The fourth-order valence-electron chi connectivity index (χ4n) is 3.54. The molecule has 0 atom stereocenters. The number of benzene rings is 3. The van der Waals surface area contributed by atoms with Gasteiger partial charge in [-0.15, -0.1) is 0 Å². The second-order valence-electron chi connectivity index (χ2n) is 6.91. The van der Waals surface area contributed by atoms with Crippen molar-refractivity contribution in [3.63, 3.8) is 0 Å². The first kappa shape index (κ1) is 18.1. The lowest BCUT2D eigenvalue weighted by Gasteiger charge is -2.18. The summed E-state index contributed by atoms with van der Waals surface area (Å²) in [4.78, 5) is 17.5. The average Bonchev–Trinajstić information content (AvgIpc) is 3.17. The van der Waals surface area contributed by atoms with Crippen LogP contribution in [0.4, 0.5) is 14.5 Å². The predicted molar refractivity (Wildman–Crippen MR) is 110 cm³/mol. The van der Waals surface area contributed by atoms with Crippen LogP contribution in [-0.2, 0) is 6.54 Å². The number of anilines is 1. The van der Waals surface area contributed by atoms with E-state index in [0.717, 1.165) is 29.0 Å². The van der Waals surface area contributed by atoms with Crippen molar-refractivity contribution in [3.8, 4) is 16.9 Å². The molecular formula is C22H16F2N4O2.